The first-order chi connectivity index (χ1) is 8.33. The third-order valence-electron chi connectivity index (χ3n) is 2.23. The molecule has 7 nitrogen and oxygen atoms in total. The van der Waals surface area contributed by atoms with E-state index in [1.807, 2.05) is 18.2 Å². The Balaban J connectivity index is 2.11. The number of hydrogen-bond donors (Lipinski definition) is 1. The highest BCUT2D eigenvalue weighted by Gasteiger charge is 2.10. The minimum atomic E-state index is -0.223. The molecule has 17 heavy (non-hydrogen) atoms. The molecule has 2 rings (SSSR count). The molecule has 0 saturated heterocycles. The van der Waals surface area contributed by atoms with Gasteiger partial charge < -0.3 is 5.32 Å². The maximum Gasteiger partial charge on any atom is 0.255 e. The maximum atomic E-state index is 11.8. The second-order valence-electron chi connectivity index (χ2n) is 3.30. The topological polar surface area (TPSA) is 95.2 Å². The van der Waals surface area contributed by atoms with E-state index in [1.165, 1.54) is 6.20 Å². The highest BCUT2D eigenvalue weighted by Crippen LogP contribution is 2.09. The fourth-order valence-corrected chi connectivity index (χ4v) is 1.47. The number of fused-ring (bicyclic) bond motifs is 1. The molecule has 0 aliphatic rings. The van der Waals surface area contributed by atoms with Crippen molar-refractivity contribution in [1.29, 1.82) is 0 Å². The Hall–Kier alpha value is -2.53. The Labute approximate surface area is 96.7 Å². The smallest absolute Gasteiger partial charge is 0.255 e. The number of carbonyl (C=O) groups excluding carboxylic acids is 1. The van der Waals surface area contributed by atoms with Crippen LogP contribution in [-0.4, -0.2) is 28.6 Å². The van der Waals surface area contributed by atoms with Crippen molar-refractivity contribution in [3.05, 3.63) is 46.6 Å². The Kier molecular flexibility index (Phi) is 3.23. The summed E-state index contributed by atoms with van der Waals surface area (Å²) < 4.78 is 1.63. The van der Waals surface area contributed by atoms with Crippen molar-refractivity contribution in [2.24, 2.45) is 5.11 Å². The summed E-state index contributed by atoms with van der Waals surface area (Å²) in [4.78, 5) is 14.4. The van der Waals surface area contributed by atoms with E-state index in [9.17, 15) is 4.79 Å². The van der Waals surface area contributed by atoms with Gasteiger partial charge in [0.2, 0.25) is 0 Å². The third-order valence-corrected chi connectivity index (χ3v) is 2.23. The average Bonchev–Trinajstić information content (AvgIpc) is 2.78. The van der Waals surface area contributed by atoms with Gasteiger partial charge in [0.05, 0.1) is 17.3 Å². The maximum absolute atomic E-state index is 11.8. The molecule has 0 saturated carbocycles. The molecule has 0 atom stereocenters. The fraction of sp³-hybridized carbons (Fsp3) is 0.200. The van der Waals surface area contributed by atoms with Crippen molar-refractivity contribution in [3.63, 3.8) is 0 Å². The van der Waals surface area contributed by atoms with Crippen LogP contribution in [0.4, 0.5) is 0 Å². The van der Waals surface area contributed by atoms with Gasteiger partial charge in [0.15, 0.2) is 0 Å². The number of azide groups is 1. The Bertz CT molecular complexity index is 583. The number of carbonyl (C=O) groups is 1. The van der Waals surface area contributed by atoms with Gasteiger partial charge in [0, 0.05) is 24.2 Å². The molecule has 0 aromatic carbocycles. The third kappa shape index (κ3) is 2.35. The van der Waals surface area contributed by atoms with Crippen LogP contribution in [0, 0.1) is 0 Å². The van der Waals surface area contributed by atoms with Crippen molar-refractivity contribution in [1.82, 2.24) is 14.9 Å². The summed E-state index contributed by atoms with van der Waals surface area (Å²) in [6, 6.07) is 5.49. The van der Waals surface area contributed by atoms with Gasteiger partial charge in [-0.1, -0.05) is 11.2 Å². The zero-order valence-electron chi connectivity index (χ0n) is 8.95. The van der Waals surface area contributed by atoms with E-state index >= 15 is 0 Å². The van der Waals surface area contributed by atoms with Gasteiger partial charge >= 0.3 is 0 Å². The molecule has 0 bridgehead atoms. The second-order valence-corrected chi connectivity index (χ2v) is 3.30. The number of pyridine rings is 1. The lowest BCUT2D eigenvalue weighted by molar-refractivity contribution is 0.0956. The lowest BCUT2D eigenvalue weighted by atomic mass is 10.2. The molecular weight excluding hydrogens is 220 g/mol. The lowest BCUT2D eigenvalue weighted by Gasteiger charge is -2.00. The summed E-state index contributed by atoms with van der Waals surface area (Å²) in [5, 5.41) is 10.0. The summed E-state index contributed by atoms with van der Waals surface area (Å²) in [6.07, 6.45) is 3.28. The molecule has 0 aliphatic heterocycles. The van der Waals surface area contributed by atoms with Crippen LogP contribution in [0.2, 0.25) is 0 Å². The van der Waals surface area contributed by atoms with E-state index in [-0.39, 0.29) is 12.5 Å². The number of hydrogen-bond acceptors (Lipinski definition) is 3. The molecule has 86 valence electrons. The molecule has 1 amide bonds. The Morgan fingerprint density at radius 1 is 1.59 bits per heavy atom. The summed E-state index contributed by atoms with van der Waals surface area (Å²) >= 11 is 0. The van der Waals surface area contributed by atoms with Crippen molar-refractivity contribution < 1.29 is 4.79 Å². The summed E-state index contributed by atoms with van der Waals surface area (Å²) in [7, 11) is 0. The standard InChI is InChI=1S/C10H10N6O/c11-15-13-5-4-12-10(17)8-7-14-16-6-2-1-3-9(8)16/h1-3,6-7H,4-5H2,(H,12,17). The van der Waals surface area contributed by atoms with Gasteiger partial charge in [0.1, 0.15) is 0 Å². The molecule has 0 aliphatic carbocycles. The van der Waals surface area contributed by atoms with E-state index in [1.54, 1.807) is 10.7 Å². The van der Waals surface area contributed by atoms with Crippen LogP contribution >= 0.6 is 0 Å². The second kappa shape index (κ2) is 5.00. The minimum absolute atomic E-state index is 0.223. The molecule has 0 spiro atoms. The first kappa shape index (κ1) is 11.0. The number of amides is 1. The van der Waals surface area contributed by atoms with Crippen LogP contribution in [0.15, 0.2) is 35.7 Å². The highest BCUT2D eigenvalue weighted by atomic mass is 16.1. The van der Waals surface area contributed by atoms with Crippen LogP contribution in [0.3, 0.4) is 0 Å². The first-order valence-corrected chi connectivity index (χ1v) is 5.04. The van der Waals surface area contributed by atoms with E-state index in [4.69, 9.17) is 5.53 Å². The molecule has 0 radical (unpaired) electrons. The lowest BCUT2D eigenvalue weighted by Crippen LogP contribution is -2.25. The Morgan fingerprint density at radius 2 is 2.47 bits per heavy atom. The summed E-state index contributed by atoms with van der Waals surface area (Å²) in [5.41, 5.74) is 9.34. The van der Waals surface area contributed by atoms with E-state index in [0.717, 1.165) is 5.52 Å². The van der Waals surface area contributed by atoms with Gasteiger partial charge in [-0.25, -0.2) is 4.52 Å². The average molecular weight is 230 g/mol. The van der Waals surface area contributed by atoms with Crippen molar-refractivity contribution in [2.75, 3.05) is 13.1 Å². The predicted octanol–water partition coefficient (Wildman–Crippen LogP) is 1.37. The highest BCUT2D eigenvalue weighted by molar-refractivity contribution is 6.00. The minimum Gasteiger partial charge on any atom is -0.352 e. The van der Waals surface area contributed by atoms with Crippen molar-refractivity contribution in [3.8, 4) is 0 Å². The van der Waals surface area contributed by atoms with Gasteiger partial charge in [0.25, 0.3) is 5.91 Å². The molecule has 1 N–H and O–H groups in total. The van der Waals surface area contributed by atoms with E-state index in [2.05, 4.69) is 20.4 Å². The van der Waals surface area contributed by atoms with Crippen molar-refractivity contribution >= 4 is 11.4 Å². The molecule has 2 aromatic rings. The summed E-state index contributed by atoms with van der Waals surface area (Å²) in [6.45, 7) is 0.550. The molecular formula is C10H10N6O. The number of aromatic nitrogens is 2. The van der Waals surface area contributed by atoms with Crippen LogP contribution in [0.25, 0.3) is 16.0 Å². The monoisotopic (exact) mass is 230 g/mol. The molecule has 0 unspecified atom stereocenters. The zero-order valence-corrected chi connectivity index (χ0v) is 8.95. The summed E-state index contributed by atoms with van der Waals surface area (Å²) in [5.74, 6) is -0.223. The van der Waals surface area contributed by atoms with E-state index in [0.29, 0.717) is 12.1 Å². The zero-order chi connectivity index (χ0) is 12.1. The SMILES string of the molecule is [N-]=[N+]=NCCNC(=O)c1cnn2ccccc12. The predicted molar refractivity (Wildman–Crippen MR) is 61.5 cm³/mol. The molecule has 0 fully saturated rings. The largest absolute Gasteiger partial charge is 0.352 e. The van der Waals surface area contributed by atoms with Crippen LogP contribution in [0.5, 0.6) is 0 Å². The van der Waals surface area contributed by atoms with Gasteiger partial charge in [-0.15, -0.1) is 0 Å². The molecule has 2 heterocycles. The fourth-order valence-electron chi connectivity index (χ4n) is 1.47. The van der Waals surface area contributed by atoms with Crippen LogP contribution in [-0.2, 0) is 0 Å². The van der Waals surface area contributed by atoms with Gasteiger partial charge in [-0.2, -0.15) is 5.10 Å². The normalized spacial score (nSPS) is 9.88. The molecule has 7 heteroatoms. The number of nitrogens with zero attached hydrogens (tertiary/aromatic N) is 5. The van der Waals surface area contributed by atoms with Crippen LogP contribution in [0.1, 0.15) is 10.4 Å². The number of rotatable bonds is 4. The number of nitrogens with one attached hydrogen (secondary N) is 1. The van der Waals surface area contributed by atoms with Crippen molar-refractivity contribution in [2.45, 2.75) is 0 Å². The van der Waals surface area contributed by atoms with Gasteiger partial charge in [-0.3, -0.25) is 4.79 Å². The first-order valence-electron chi connectivity index (χ1n) is 5.04. The van der Waals surface area contributed by atoms with Crippen LogP contribution < -0.4 is 5.32 Å². The molecule has 2 aromatic heterocycles. The quantitative estimate of drug-likeness (QED) is 0.371. The Morgan fingerprint density at radius 3 is 3.29 bits per heavy atom. The van der Waals surface area contributed by atoms with E-state index < -0.39 is 0 Å². The van der Waals surface area contributed by atoms with Gasteiger partial charge in [-0.05, 0) is 17.7 Å².